The van der Waals surface area contributed by atoms with Crippen LogP contribution in [0.3, 0.4) is 0 Å². The Balaban J connectivity index is 1.83. The van der Waals surface area contributed by atoms with Crippen molar-refractivity contribution in [1.82, 2.24) is 14.7 Å². The topological polar surface area (TPSA) is 45.2 Å². The van der Waals surface area contributed by atoms with Gasteiger partial charge in [-0.15, -0.1) is 0 Å². The van der Waals surface area contributed by atoms with E-state index in [4.69, 9.17) is 9.47 Å². The van der Waals surface area contributed by atoms with Crippen molar-refractivity contribution in [3.05, 3.63) is 0 Å². The van der Waals surface area contributed by atoms with Crippen LogP contribution >= 0.6 is 0 Å². The van der Waals surface area contributed by atoms with Crippen molar-refractivity contribution in [2.24, 2.45) is 0 Å². The van der Waals surface area contributed by atoms with E-state index in [-0.39, 0.29) is 12.1 Å². The lowest BCUT2D eigenvalue weighted by atomic mass is 10.1. The van der Waals surface area contributed by atoms with Gasteiger partial charge in [-0.25, -0.2) is 4.79 Å². The van der Waals surface area contributed by atoms with Crippen molar-refractivity contribution in [2.75, 3.05) is 53.0 Å². The first-order chi connectivity index (χ1) is 10.8. The maximum Gasteiger partial charge on any atom is 0.410 e. The van der Waals surface area contributed by atoms with Gasteiger partial charge < -0.3 is 14.4 Å². The Kier molecular flexibility index (Phi) is 6.28. The van der Waals surface area contributed by atoms with Crippen LogP contribution in [0.25, 0.3) is 0 Å². The summed E-state index contributed by atoms with van der Waals surface area (Å²) in [6.07, 6.45) is 0.865. The lowest BCUT2D eigenvalue weighted by Gasteiger charge is -2.40. The van der Waals surface area contributed by atoms with Gasteiger partial charge in [-0.3, -0.25) is 9.80 Å². The normalized spacial score (nSPS) is 27.4. The maximum absolute atomic E-state index is 12.3. The number of hydrogen-bond acceptors (Lipinski definition) is 5. The number of nitrogens with zero attached hydrogens (tertiary/aromatic N) is 3. The Morgan fingerprint density at radius 1 is 1.13 bits per heavy atom. The predicted molar refractivity (Wildman–Crippen MR) is 90.7 cm³/mol. The predicted octanol–water partition coefficient (Wildman–Crippen LogP) is 1.65. The van der Waals surface area contributed by atoms with E-state index in [1.165, 1.54) is 0 Å². The zero-order valence-corrected chi connectivity index (χ0v) is 15.4. The molecule has 134 valence electrons. The van der Waals surface area contributed by atoms with E-state index in [1.54, 1.807) is 7.11 Å². The summed E-state index contributed by atoms with van der Waals surface area (Å²) in [5.74, 6) is 0. The van der Waals surface area contributed by atoms with Gasteiger partial charge in [0.1, 0.15) is 5.60 Å². The highest BCUT2D eigenvalue weighted by molar-refractivity contribution is 5.69. The van der Waals surface area contributed by atoms with Crippen LogP contribution in [0, 0.1) is 0 Å². The molecule has 2 rings (SSSR count). The summed E-state index contributed by atoms with van der Waals surface area (Å²) in [6.45, 7) is 14.8. The third-order valence-corrected chi connectivity index (χ3v) is 4.83. The van der Waals surface area contributed by atoms with Gasteiger partial charge in [-0.2, -0.15) is 0 Å². The van der Waals surface area contributed by atoms with E-state index < -0.39 is 5.60 Å². The van der Waals surface area contributed by atoms with E-state index in [0.29, 0.717) is 6.04 Å². The van der Waals surface area contributed by atoms with Crippen LogP contribution in [0.2, 0.25) is 0 Å². The molecule has 2 aliphatic rings. The maximum atomic E-state index is 12.3. The molecule has 0 aromatic heterocycles. The fraction of sp³-hybridized carbons (Fsp3) is 0.941. The molecule has 2 atom stereocenters. The minimum atomic E-state index is -0.429. The fourth-order valence-corrected chi connectivity index (χ4v) is 3.53. The van der Waals surface area contributed by atoms with Crippen molar-refractivity contribution >= 4 is 6.09 Å². The lowest BCUT2D eigenvalue weighted by Crippen LogP contribution is -2.54. The molecular weight excluding hydrogens is 294 g/mol. The molecule has 0 aromatic rings. The highest BCUT2D eigenvalue weighted by atomic mass is 16.6. The first kappa shape index (κ1) is 18.5. The molecule has 2 aliphatic heterocycles. The second-order valence-electron chi connectivity index (χ2n) is 7.64. The average molecular weight is 327 g/mol. The first-order valence-electron chi connectivity index (χ1n) is 8.77. The van der Waals surface area contributed by atoms with E-state index >= 15 is 0 Å². The van der Waals surface area contributed by atoms with Crippen LogP contribution in [0.4, 0.5) is 4.79 Å². The first-order valence-corrected chi connectivity index (χ1v) is 8.77. The molecule has 0 aliphatic carbocycles. The van der Waals surface area contributed by atoms with Gasteiger partial charge in [0.25, 0.3) is 0 Å². The molecule has 0 saturated carbocycles. The number of hydrogen-bond donors (Lipinski definition) is 0. The number of carbonyl (C=O) groups is 1. The van der Waals surface area contributed by atoms with Crippen LogP contribution in [0.1, 0.15) is 34.1 Å². The van der Waals surface area contributed by atoms with E-state index in [2.05, 4.69) is 16.7 Å². The lowest BCUT2D eigenvalue weighted by molar-refractivity contribution is 0.0172. The monoisotopic (exact) mass is 327 g/mol. The highest BCUT2D eigenvalue weighted by Gasteiger charge is 2.39. The van der Waals surface area contributed by atoms with Crippen LogP contribution < -0.4 is 0 Å². The molecule has 23 heavy (non-hydrogen) atoms. The van der Waals surface area contributed by atoms with E-state index in [9.17, 15) is 4.79 Å². The Hall–Kier alpha value is -0.850. The SMILES string of the molecule is COCCN1CCN([C@H]2CCN(C(=O)OC(C)(C)C)[C@H]2C)CC1. The Labute approximate surface area is 140 Å². The molecule has 1 amide bonds. The van der Waals surface area contributed by atoms with Crippen LogP contribution in [0.15, 0.2) is 0 Å². The van der Waals surface area contributed by atoms with Crippen LogP contribution in [-0.2, 0) is 9.47 Å². The molecule has 0 unspecified atom stereocenters. The molecule has 0 aromatic carbocycles. The van der Waals surface area contributed by atoms with Crippen LogP contribution in [-0.4, -0.2) is 91.5 Å². The van der Waals surface area contributed by atoms with Crippen molar-refractivity contribution < 1.29 is 14.3 Å². The minimum Gasteiger partial charge on any atom is -0.444 e. The number of likely N-dealkylation sites (tertiary alicyclic amines) is 1. The molecule has 2 saturated heterocycles. The molecule has 0 N–H and O–H groups in total. The second-order valence-corrected chi connectivity index (χ2v) is 7.64. The summed E-state index contributed by atoms with van der Waals surface area (Å²) in [7, 11) is 1.75. The Morgan fingerprint density at radius 3 is 2.35 bits per heavy atom. The van der Waals surface area contributed by atoms with Crippen molar-refractivity contribution in [2.45, 2.75) is 51.8 Å². The van der Waals surface area contributed by atoms with Gasteiger partial charge in [-0.05, 0) is 34.1 Å². The molecule has 6 heteroatoms. The third-order valence-electron chi connectivity index (χ3n) is 4.83. The molecular formula is C17H33N3O3. The third kappa shape index (κ3) is 5.06. The summed E-state index contributed by atoms with van der Waals surface area (Å²) < 4.78 is 10.7. The summed E-state index contributed by atoms with van der Waals surface area (Å²) in [5.41, 5.74) is -0.429. The van der Waals surface area contributed by atoms with Gasteiger partial charge in [-0.1, -0.05) is 0 Å². The number of carbonyl (C=O) groups excluding carboxylic acids is 1. The van der Waals surface area contributed by atoms with Crippen molar-refractivity contribution in [3.63, 3.8) is 0 Å². The molecule has 0 radical (unpaired) electrons. The van der Waals surface area contributed by atoms with Crippen LogP contribution in [0.5, 0.6) is 0 Å². The van der Waals surface area contributed by atoms with Gasteiger partial charge in [0, 0.05) is 58.5 Å². The second kappa shape index (κ2) is 7.81. The molecule has 2 heterocycles. The summed E-state index contributed by atoms with van der Waals surface area (Å²) >= 11 is 0. The molecule has 6 nitrogen and oxygen atoms in total. The zero-order chi connectivity index (χ0) is 17.0. The standard InChI is InChI=1S/C17H33N3O3/c1-14-15(6-7-20(14)16(21)23-17(2,3)4)19-10-8-18(9-11-19)12-13-22-5/h14-15H,6-13H2,1-5H3/t14-,15-/m0/s1. The zero-order valence-electron chi connectivity index (χ0n) is 15.4. The van der Waals surface area contributed by atoms with E-state index in [0.717, 1.165) is 52.3 Å². The smallest absolute Gasteiger partial charge is 0.410 e. The Bertz CT molecular complexity index is 389. The van der Waals surface area contributed by atoms with E-state index in [1.807, 2.05) is 25.7 Å². The summed E-state index contributed by atoms with van der Waals surface area (Å²) in [5, 5.41) is 0. The van der Waals surface area contributed by atoms with Gasteiger partial charge in [0.2, 0.25) is 0 Å². The summed E-state index contributed by atoms with van der Waals surface area (Å²) in [4.78, 5) is 19.2. The number of piperazine rings is 1. The minimum absolute atomic E-state index is 0.175. The molecule has 0 bridgehead atoms. The molecule has 0 spiro atoms. The van der Waals surface area contributed by atoms with Gasteiger partial charge >= 0.3 is 6.09 Å². The number of rotatable bonds is 4. The molecule has 2 fully saturated rings. The number of methoxy groups -OCH3 is 1. The largest absolute Gasteiger partial charge is 0.444 e. The van der Waals surface area contributed by atoms with Crippen molar-refractivity contribution in [3.8, 4) is 0 Å². The number of ether oxygens (including phenoxy) is 2. The fourth-order valence-electron chi connectivity index (χ4n) is 3.53. The quantitative estimate of drug-likeness (QED) is 0.786. The summed E-state index contributed by atoms with van der Waals surface area (Å²) in [6, 6.07) is 0.669. The van der Waals surface area contributed by atoms with Gasteiger partial charge in [0.15, 0.2) is 0 Å². The average Bonchev–Trinajstić information content (AvgIpc) is 2.86. The van der Waals surface area contributed by atoms with Gasteiger partial charge in [0.05, 0.1) is 6.61 Å². The number of amides is 1. The van der Waals surface area contributed by atoms with Crippen molar-refractivity contribution in [1.29, 1.82) is 0 Å². The highest BCUT2D eigenvalue weighted by Crippen LogP contribution is 2.25. The Morgan fingerprint density at radius 2 is 1.78 bits per heavy atom.